The highest BCUT2D eigenvalue weighted by molar-refractivity contribution is 6.32. The molecule has 0 saturated heterocycles. The highest BCUT2D eigenvalue weighted by Gasteiger charge is 2.05. The number of halogens is 2. The molecule has 0 fully saturated rings. The first-order valence-electron chi connectivity index (χ1n) is 6.97. The van der Waals surface area contributed by atoms with Gasteiger partial charge >= 0.3 is 0 Å². The van der Waals surface area contributed by atoms with Crippen LogP contribution in [0.2, 0.25) is 5.02 Å². The summed E-state index contributed by atoms with van der Waals surface area (Å²) in [6.07, 6.45) is 1.48. The molecule has 24 heavy (non-hydrogen) atoms. The number of ether oxygens (including phenoxy) is 1. The van der Waals surface area contributed by atoms with Gasteiger partial charge in [0.25, 0.3) is 0 Å². The lowest BCUT2D eigenvalue weighted by atomic mass is 10.3. The molecule has 0 spiro atoms. The highest BCUT2D eigenvalue weighted by Crippen LogP contribution is 2.28. The number of rotatable bonds is 5. The Hall–Kier alpha value is -2.93. The molecule has 0 aliphatic rings. The van der Waals surface area contributed by atoms with Crippen LogP contribution in [0.5, 0.6) is 5.75 Å². The number of nitrogens with zero attached hydrogens (tertiary/aromatic N) is 3. The molecule has 1 heterocycles. The molecule has 2 aromatic carbocycles. The van der Waals surface area contributed by atoms with E-state index in [2.05, 4.69) is 25.8 Å². The van der Waals surface area contributed by atoms with E-state index in [0.29, 0.717) is 22.3 Å². The van der Waals surface area contributed by atoms with Gasteiger partial charge in [-0.2, -0.15) is 10.1 Å². The molecule has 1 aromatic heterocycles. The van der Waals surface area contributed by atoms with Crippen molar-refractivity contribution in [1.82, 2.24) is 15.2 Å². The molecule has 8 heteroatoms. The summed E-state index contributed by atoms with van der Waals surface area (Å²) in [6, 6.07) is 11.1. The van der Waals surface area contributed by atoms with Crippen LogP contribution in [0.15, 0.2) is 48.7 Å². The maximum Gasteiger partial charge on any atom is 0.249 e. The summed E-state index contributed by atoms with van der Waals surface area (Å²) in [5.74, 6) is 1.04. The second-order valence-corrected chi connectivity index (χ2v) is 5.18. The molecular weight excluding hydrogens is 333 g/mol. The van der Waals surface area contributed by atoms with Gasteiger partial charge in [-0.1, -0.05) is 11.6 Å². The lowest BCUT2D eigenvalue weighted by molar-refractivity contribution is 0.415. The third kappa shape index (κ3) is 3.88. The lowest BCUT2D eigenvalue weighted by Gasteiger charge is -2.09. The number of aromatic nitrogens is 3. The number of nitrogens with one attached hydrogen (secondary N) is 2. The monoisotopic (exact) mass is 345 g/mol. The average molecular weight is 346 g/mol. The Kier molecular flexibility index (Phi) is 4.72. The van der Waals surface area contributed by atoms with Gasteiger partial charge in [-0.25, -0.2) is 4.39 Å². The Balaban J connectivity index is 1.75. The molecule has 0 aliphatic heterocycles. The summed E-state index contributed by atoms with van der Waals surface area (Å²) in [6.45, 7) is 0. The Labute approximate surface area is 142 Å². The molecule has 0 saturated carbocycles. The molecule has 122 valence electrons. The van der Waals surface area contributed by atoms with E-state index in [1.807, 2.05) is 0 Å². The van der Waals surface area contributed by atoms with E-state index in [-0.39, 0.29) is 11.8 Å². The normalized spacial score (nSPS) is 10.3. The first kappa shape index (κ1) is 15.9. The van der Waals surface area contributed by atoms with Crippen LogP contribution in [-0.2, 0) is 0 Å². The minimum atomic E-state index is -0.314. The van der Waals surface area contributed by atoms with E-state index in [1.54, 1.807) is 37.4 Å². The molecule has 0 amide bonds. The average Bonchev–Trinajstić information content (AvgIpc) is 2.58. The second kappa shape index (κ2) is 7.10. The molecular formula is C16H13ClFN5O. The Bertz CT molecular complexity index is 844. The number of anilines is 4. The highest BCUT2D eigenvalue weighted by atomic mass is 35.5. The number of hydrogen-bond donors (Lipinski definition) is 2. The van der Waals surface area contributed by atoms with E-state index >= 15 is 0 Å². The van der Waals surface area contributed by atoms with Crippen molar-refractivity contribution in [2.75, 3.05) is 17.7 Å². The van der Waals surface area contributed by atoms with Crippen molar-refractivity contribution in [3.8, 4) is 5.75 Å². The minimum Gasteiger partial charge on any atom is -0.495 e. The minimum absolute atomic E-state index is 0.284. The van der Waals surface area contributed by atoms with Crippen LogP contribution in [0.1, 0.15) is 0 Å². The molecule has 3 rings (SSSR count). The lowest BCUT2D eigenvalue weighted by Crippen LogP contribution is -2.02. The SMILES string of the molecule is COc1ccc(Nc2cnnc(Nc3ccc(F)cc3)n2)cc1Cl. The largest absolute Gasteiger partial charge is 0.495 e. The van der Waals surface area contributed by atoms with Gasteiger partial charge in [0.05, 0.1) is 18.3 Å². The molecule has 0 bridgehead atoms. The second-order valence-electron chi connectivity index (χ2n) is 4.77. The van der Waals surface area contributed by atoms with E-state index in [0.717, 1.165) is 5.69 Å². The molecule has 0 aliphatic carbocycles. The summed E-state index contributed by atoms with van der Waals surface area (Å²) < 4.78 is 18.0. The van der Waals surface area contributed by atoms with E-state index < -0.39 is 0 Å². The molecule has 0 atom stereocenters. The molecule has 0 radical (unpaired) electrons. The Morgan fingerprint density at radius 2 is 1.79 bits per heavy atom. The van der Waals surface area contributed by atoms with Crippen molar-refractivity contribution < 1.29 is 9.13 Å². The maximum atomic E-state index is 12.9. The number of benzene rings is 2. The smallest absolute Gasteiger partial charge is 0.249 e. The van der Waals surface area contributed by atoms with Crippen LogP contribution in [0.25, 0.3) is 0 Å². The maximum absolute atomic E-state index is 12.9. The van der Waals surface area contributed by atoms with Crippen LogP contribution in [0.3, 0.4) is 0 Å². The fourth-order valence-corrected chi connectivity index (χ4v) is 2.23. The summed E-state index contributed by atoms with van der Waals surface area (Å²) in [4.78, 5) is 4.29. The summed E-state index contributed by atoms with van der Waals surface area (Å²) in [7, 11) is 1.55. The quantitative estimate of drug-likeness (QED) is 0.723. The van der Waals surface area contributed by atoms with Crippen molar-refractivity contribution >= 4 is 34.7 Å². The number of methoxy groups -OCH3 is 1. The van der Waals surface area contributed by atoms with Gasteiger partial charge in [-0.05, 0) is 42.5 Å². The zero-order valence-electron chi connectivity index (χ0n) is 12.6. The van der Waals surface area contributed by atoms with Crippen molar-refractivity contribution in [2.24, 2.45) is 0 Å². The van der Waals surface area contributed by atoms with Crippen molar-refractivity contribution in [1.29, 1.82) is 0 Å². The zero-order chi connectivity index (χ0) is 16.9. The van der Waals surface area contributed by atoms with Crippen molar-refractivity contribution in [3.63, 3.8) is 0 Å². The van der Waals surface area contributed by atoms with Gasteiger partial charge in [0.15, 0.2) is 5.82 Å². The topological polar surface area (TPSA) is 72.0 Å². The Morgan fingerprint density at radius 1 is 1.04 bits per heavy atom. The van der Waals surface area contributed by atoms with Crippen molar-refractivity contribution in [2.45, 2.75) is 0 Å². The van der Waals surface area contributed by atoms with Crippen LogP contribution >= 0.6 is 11.6 Å². The van der Waals surface area contributed by atoms with Gasteiger partial charge in [-0.3, -0.25) is 0 Å². The van der Waals surface area contributed by atoms with E-state index in [4.69, 9.17) is 16.3 Å². The third-order valence-electron chi connectivity index (χ3n) is 3.08. The fourth-order valence-electron chi connectivity index (χ4n) is 1.97. The molecule has 6 nitrogen and oxygen atoms in total. The fraction of sp³-hybridized carbons (Fsp3) is 0.0625. The van der Waals surface area contributed by atoms with Gasteiger partial charge in [0.2, 0.25) is 5.95 Å². The van der Waals surface area contributed by atoms with Crippen LogP contribution < -0.4 is 15.4 Å². The predicted molar refractivity (Wildman–Crippen MR) is 90.8 cm³/mol. The van der Waals surface area contributed by atoms with Crippen LogP contribution in [0, 0.1) is 5.82 Å². The summed E-state index contributed by atoms with van der Waals surface area (Å²) in [5, 5.41) is 14.3. The van der Waals surface area contributed by atoms with E-state index in [1.165, 1.54) is 18.3 Å². The summed E-state index contributed by atoms with van der Waals surface area (Å²) >= 11 is 6.09. The van der Waals surface area contributed by atoms with Crippen LogP contribution in [-0.4, -0.2) is 22.3 Å². The molecule has 0 unspecified atom stereocenters. The van der Waals surface area contributed by atoms with Gasteiger partial charge < -0.3 is 15.4 Å². The van der Waals surface area contributed by atoms with Crippen LogP contribution in [0.4, 0.5) is 27.5 Å². The van der Waals surface area contributed by atoms with Gasteiger partial charge in [-0.15, -0.1) is 5.10 Å². The van der Waals surface area contributed by atoms with E-state index in [9.17, 15) is 4.39 Å². The van der Waals surface area contributed by atoms with Gasteiger partial charge in [0, 0.05) is 11.4 Å². The van der Waals surface area contributed by atoms with Gasteiger partial charge in [0.1, 0.15) is 11.6 Å². The first-order chi connectivity index (χ1) is 11.6. The standard InChI is InChI=1S/C16H13ClFN5O/c1-24-14-7-6-12(8-13(14)17)20-15-9-19-23-16(22-15)21-11-4-2-10(18)3-5-11/h2-9H,1H3,(H2,20,21,22,23). The predicted octanol–water partition coefficient (Wildman–Crippen LogP) is 4.16. The molecule has 3 aromatic rings. The third-order valence-corrected chi connectivity index (χ3v) is 3.38. The molecule has 2 N–H and O–H groups in total. The zero-order valence-corrected chi connectivity index (χ0v) is 13.4. The summed E-state index contributed by atoms with van der Waals surface area (Å²) in [5.41, 5.74) is 1.39. The first-order valence-corrected chi connectivity index (χ1v) is 7.35. The number of hydrogen-bond acceptors (Lipinski definition) is 6. The van der Waals surface area contributed by atoms with Crippen molar-refractivity contribution in [3.05, 3.63) is 59.5 Å². The Morgan fingerprint density at radius 3 is 2.50 bits per heavy atom.